The summed E-state index contributed by atoms with van der Waals surface area (Å²) in [6.07, 6.45) is 4.40. The fraction of sp³-hybridized carbons (Fsp3) is 0.182. The monoisotopic (exact) mass is 376 g/mol. The Morgan fingerprint density at radius 2 is 1.64 bits per heavy atom. The Bertz CT molecular complexity index is 997. The van der Waals surface area contributed by atoms with Gasteiger partial charge in [0, 0.05) is 30.0 Å². The molecule has 0 aliphatic carbocycles. The number of hydrogen-bond donors (Lipinski definition) is 1. The molecule has 6 heteroatoms. The number of aryl methyl sites for hydroxylation is 2. The molecule has 0 aliphatic rings. The smallest absolute Gasteiger partial charge is 0.290 e. The third-order valence-corrected chi connectivity index (χ3v) is 4.51. The van der Waals surface area contributed by atoms with Gasteiger partial charge in [0.25, 0.3) is 11.6 Å². The molecule has 0 spiro atoms. The van der Waals surface area contributed by atoms with E-state index in [1.165, 1.54) is 12.1 Å². The van der Waals surface area contributed by atoms with E-state index < -0.39 is 4.92 Å². The minimum absolute atomic E-state index is 0.0816. The molecule has 6 nitrogen and oxygen atoms in total. The molecule has 1 amide bonds. The zero-order valence-electron chi connectivity index (χ0n) is 15.9. The van der Waals surface area contributed by atoms with Crippen molar-refractivity contribution in [3.63, 3.8) is 0 Å². The van der Waals surface area contributed by atoms with E-state index in [1.807, 2.05) is 61.1 Å². The number of pyridine rings is 1. The van der Waals surface area contributed by atoms with Crippen LogP contribution in [0.1, 0.15) is 22.3 Å². The van der Waals surface area contributed by atoms with Crippen molar-refractivity contribution < 1.29 is 14.3 Å². The van der Waals surface area contributed by atoms with Crippen LogP contribution >= 0.6 is 0 Å². The summed E-state index contributed by atoms with van der Waals surface area (Å²) in [7, 11) is 0. The first kappa shape index (κ1) is 19.2. The van der Waals surface area contributed by atoms with Gasteiger partial charge in [0.1, 0.15) is 0 Å². The van der Waals surface area contributed by atoms with E-state index >= 15 is 0 Å². The van der Waals surface area contributed by atoms with Crippen molar-refractivity contribution in [2.45, 2.75) is 26.8 Å². The highest BCUT2D eigenvalue weighted by atomic mass is 16.6. The van der Waals surface area contributed by atoms with Gasteiger partial charge >= 0.3 is 0 Å². The van der Waals surface area contributed by atoms with E-state index in [0.717, 1.165) is 27.9 Å². The van der Waals surface area contributed by atoms with Crippen LogP contribution < -0.4 is 9.88 Å². The number of aromatic nitrogens is 1. The fourth-order valence-electron chi connectivity index (χ4n) is 2.91. The Morgan fingerprint density at radius 3 is 2.29 bits per heavy atom. The first-order valence-electron chi connectivity index (χ1n) is 8.99. The SMILES string of the molecule is Cc1ccc(C)c(NC(=O)C[n+]2ccc(Cc3ccc([N+](=O)[O-])cc3)cc2)c1. The number of hydrogen-bond acceptors (Lipinski definition) is 3. The van der Waals surface area contributed by atoms with Crippen LogP contribution in [0, 0.1) is 24.0 Å². The quantitative estimate of drug-likeness (QED) is 0.405. The summed E-state index contributed by atoms with van der Waals surface area (Å²) in [5.41, 5.74) is 5.12. The molecule has 1 N–H and O–H groups in total. The van der Waals surface area contributed by atoms with Gasteiger partial charge in [0.2, 0.25) is 6.54 Å². The first-order chi connectivity index (χ1) is 13.4. The van der Waals surface area contributed by atoms with Crippen LogP contribution in [0.4, 0.5) is 11.4 Å². The Morgan fingerprint density at radius 1 is 1.00 bits per heavy atom. The van der Waals surface area contributed by atoms with E-state index in [9.17, 15) is 14.9 Å². The van der Waals surface area contributed by atoms with Gasteiger partial charge < -0.3 is 5.32 Å². The van der Waals surface area contributed by atoms with Gasteiger partial charge in [-0.1, -0.05) is 24.3 Å². The number of carbonyl (C=O) groups is 1. The van der Waals surface area contributed by atoms with Gasteiger partial charge in [-0.25, -0.2) is 0 Å². The lowest BCUT2D eigenvalue weighted by Gasteiger charge is -2.08. The number of nitrogens with zero attached hydrogens (tertiary/aromatic N) is 2. The lowest BCUT2D eigenvalue weighted by Crippen LogP contribution is -2.39. The van der Waals surface area contributed by atoms with Crippen molar-refractivity contribution in [3.05, 3.63) is 99.4 Å². The Labute approximate surface area is 163 Å². The van der Waals surface area contributed by atoms with Gasteiger partial charge in [0.05, 0.1) is 4.92 Å². The summed E-state index contributed by atoms with van der Waals surface area (Å²) in [6, 6.07) is 16.4. The van der Waals surface area contributed by atoms with Crippen LogP contribution in [-0.2, 0) is 17.8 Å². The van der Waals surface area contributed by atoms with Crippen LogP contribution in [0.15, 0.2) is 67.0 Å². The molecule has 1 aromatic heterocycles. The average Bonchev–Trinajstić information content (AvgIpc) is 2.67. The summed E-state index contributed by atoms with van der Waals surface area (Å²) >= 11 is 0. The highest BCUT2D eigenvalue weighted by molar-refractivity contribution is 5.90. The molecule has 3 rings (SSSR count). The zero-order valence-corrected chi connectivity index (χ0v) is 15.9. The van der Waals surface area contributed by atoms with Crippen LogP contribution in [0.3, 0.4) is 0 Å². The van der Waals surface area contributed by atoms with E-state index in [0.29, 0.717) is 6.42 Å². The lowest BCUT2D eigenvalue weighted by molar-refractivity contribution is -0.684. The number of carbonyl (C=O) groups excluding carboxylic acids is 1. The molecule has 0 saturated heterocycles. The highest BCUT2D eigenvalue weighted by Crippen LogP contribution is 2.16. The molecule has 0 fully saturated rings. The molecule has 3 aromatic rings. The number of rotatable bonds is 6. The van der Waals surface area contributed by atoms with Crippen molar-refractivity contribution in [3.8, 4) is 0 Å². The molecule has 0 unspecified atom stereocenters. The number of benzene rings is 2. The molecule has 2 aromatic carbocycles. The second kappa shape index (κ2) is 8.43. The van der Waals surface area contributed by atoms with Crippen molar-refractivity contribution >= 4 is 17.3 Å². The topological polar surface area (TPSA) is 76.1 Å². The first-order valence-corrected chi connectivity index (χ1v) is 8.99. The van der Waals surface area contributed by atoms with Crippen molar-refractivity contribution in [1.82, 2.24) is 0 Å². The molecular formula is C22H22N3O3+. The predicted octanol–water partition coefficient (Wildman–Crippen LogP) is 3.73. The van der Waals surface area contributed by atoms with Crippen molar-refractivity contribution in [2.75, 3.05) is 5.32 Å². The van der Waals surface area contributed by atoms with Crippen LogP contribution in [0.25, 0.3) is 0 Å². The molecule has 0 saturated carbocycles. The maximum absolute atomic E-state index is 12.3. The van der Waals surface area contributed by atoms with Gasteiger partial charge in [-0.2, -0.15) is 4.57 Å². The van der Waals surface area contributed by atoms with Crippen LogP contribution in [0.2, 0.25) is 0 Å². The van der Waals surface area contributed by atoms with Gasteiger partial charge in [-0.3, -0.25) is 14.9 Å². The molecular weight excluding hydrogens is 354 g/mol. The lowest BCUT2D eigenvalue weighted by atomic mass is 10.1. The highest BCUT2D eigenvalue weighted by Gasteiger charge is 2.11. The molecule has 0 bridgehead atoms. The molecule has 142 valence electrons. The average molecular weight is 376 g/mol. The number of anilines is 1. The standard InChI is InChI=1S/C22H21N3O3/c1-16-3-4-17(2)21(13-16)23-22(26)15-24-11-9-19(10-12-24)14-18-5-7-20(8-6-18)25(27)28/h3-13H,14-15H2,1-2H3/p+1. The summed E-state index contributed by atoms with van der Waals surface area (Å²) in [6.45, 7) is 4.19. The fourth-order valence-corrected chi connectivity index (χ4v) is 2.91. The molecule has 28 heavy (non-hydrogen) atoms. The maximum Gasteiger partial charge on any atom is 0.290 e. The second-order valence-corrected chi connectivity index (χ2v) is 6.85. The Hall–Kier alpha value is -3.54. The van der Waals surface area contributed by atoms with E-state index in [-0.39, 0.29) is 18.1 Å². The summed E-state index contributed by atoms with van der Waals surface area (Å²) in [4.78, 5) is 22.6. The minimum Gasteiger partial charge on any atom is -0.320 e. The van der Waals surface area contributed by atoms with Gasteiger partial charge in [-0.15, -0.1) is 0 Å². The largest absolute Gasteiger partial charge is 0.320 e. The number of nitro groups is 1. The van der Waals surface area contributed by atoms with E-state index in [1.54, 1.807) is 12.1 Å². The van der Waals surface area contributed by atoms with Crippen LogP contribution in [0.5, 0.6) is 0 Å². The summed E-state index contributed by atoms with van der Waals surface area (Å²) in [5.74, 6) is -0.0816. The van der Waals surface area contributed by atoms with E-state index in [4.69, 9.17) is 0 Å². The predicted molar refractivity (Wildman–Crippen MR) is 107 cm³/mol. The second-order valence-electron chi connectivity index (χ2n) is 6.85. The van der Waals surface area contributed by atoms with Crippen molar-refractivity contribution in [1.29, 1.82) is 0 Å². The van der Waals surface area contributed by atoms with Crippen molar-refractivity contribution in [2.24, 2.45) is 0 Å². The molecule has 0 radical (unpaired) electrons. The Kier molecular flexibility index (Phi) is 5.79. The number of nitro benzene ring substituents is 1. The van der Waals surface area contributed by atoms with E-state index in [2.05, 4.69) is 5.32 Å². The number of amides is 1. The maximum atomic E-state index is 12.3. The normalized spacial score (nSPS) is 10.5. The summed E-state index contributed by atoms with van der Waals surface area (Å²) in [5, 5.41) is 13.7. The Balaban J connectivity index is 1.60. The van der Waals surface area contributed by atoms with Gasteiger partial charge in [0.15, 0.2) is 12.4 Å². The number of nitrogens with one attached hydrogen (secondary N) is 1. The molecule has 1 heterocycles. The summed E-state index contributed by atoms with van der Waals surface area (Å²) < 4.78 is 1.82. The zero-order chi connectivity index (χ0) is 20.1. The molecule has 0 atom stereocenters. The number of non-ortho nitro benzene ring substituents is 1. The minimum atomic E-state index is -0.404. The van der Waals surface area contributed by atoms with Gasteiger partial charge in [-0.05, 0) is 48.6 Å². The van der Waals surface area contributed by atoms with Crippen LogP contribution in [-0.4, -0.2) is 10.8 Å². The third-order valence-electron chi connectivity index (χ3n) is 4.51. The molecule has 0 aliphatic heterocycles. The third kappa shape index (κ3) is 5.01.